The highest BCUT2D eigenvalue weighted by Crippen LogP contribution is 2.40. The van der Waals surface area contributed by atoms with Crippen molar-refractivity contribution in [3.05, 3.63) is 55.7 Å². The van der Waals surface area contributed by atoms with E-state index in [4.69, 9.17) is 23.2 Å². The molecule has 1 aromatic heterocycles. The first-order valence-corrected chi connectivity index (χ1v) is 9.87. The van der Waals surface area contributed by atoms with E-state index in [9.17, 15) is 4.79 Å². The van der Waals surface area contributed by atoms with Crippen LogP contribution in [0.1, 0.15) is 35.4 Å². The number of halogens is 2. The number of benzene rings is 1. The van der Waals surface area contributed by atoms with E-state index in [0.717, 1.165) is 31.5 Å². The van der Waals surface area contributed by atoms with Gasteiger partial charge in [0.05, 0.1) is 12.6 Å². The second-order valence-corrected chi connectivity index (χ2v) is 7.83. The zero-order chi connectivity index (χ0) is 17.1. The molecule has 1 aliphatic heterocycles. The lowest BCUT2D eigenvalue weighted by Crippen LogP contribution is -2.86. The standard InChI is InChI=1S/C18H20Cl2N2OS/c1-2-7-21-11-17(23)22-8-5-16-14(6-9-24-16)18(22)13-4-3-12(19)10-15(13)20/h3-4,6,9-10,18,21H,2,5,7-8,11H2,1H3/p+1/t18-/m1/s1. The van der Waals surface area contributed by atoms with Crippen molar-refractivity contribution in [3.8, 4) is 0 Å². The number of carbonyl (C=O) groups excluding carboxylic acids is 1. The fourth-order valence-corrected chi connectivity index (χ4v) is 4.61. The number of amides is 1. The van der Waals surface area contributed by atoms with E-state index >= 15 is 0 Å². The number of carbonyl (C=O) groups is 1. The third kappa shape index (κ3) is 3.62. The first-order chi connectivity index (χ1) is 11.6. The van der Waals surface area contributed by atoms with Gasteiger partial charge in [-0.15, -0.1) is 11.3 Å². The molecule has 0 fully saturated rings. The molecule has 3 nitrogen and oxygen atoms in total. The van der Waals surface area contributed by atoms with Gasteiger partial charge in [0.1, 0.15) is 0 Å². The fourth-order valence-electron chi connectivity index (χ4n) is 3.19. The van der Waals surface area contributed by atoms with E-state index in [1.54, 1.807) is 17.4 Å². The summed E-state index contributed by atoms with van der Waals surface area (Å²) in [6, 6.07) is 7.54. The highest BCUT2D eigenvalue weighted by molar-refractivity contribution is 7.10. The van der Waals surface area contributed by atoms with Crippen LogP contribution in [0.5, 0.6) is 0 Å². The van der Waals surface area contributed by atoms with Crippen LogP contribution in [-0.4, -0.2) is 30.4 Å². The Kier molecular flexibility index (Phi) is 5.82. The summed E-state index contributed by atoms with van der Waals surface area (Å²) in [5, 5.41) is 5.39. The monoisotopic (exact) mass is 383 g/mol. The molecule has 0 aliphatic carbocycles. The van der Waals surface area contributed by atoms with E-state index in [1.807, 2.05) is 17.0 Å². The van der Waals surface area contributed by atoms with Gasteiger partial charge in [-0.1, -0.05) is 36.2 Å². The summed E-state index contributed by atoms with van der Waals surface area (Å²) in [4.78, 5) is 16.1. The summed E-state index contributed by atoms with van der Waals surface area (Å²) in [6.07, 6.45) is 1.97. The van der Waals surface area contributed by atoms with Crippen molar-refractivity contribution in [1.29, 1.82) is 0 Å². The zero-order valence-corrected chi connectivity index (χ0v) is 15.9. The molecule has 24 heavy (non-hydrogen) atoms. The largest absolute Gasteiger partial charge is 0.338 e. The lowest BCUT2D eigenvalue weighted by molar-refractivity contribution is -0.644. The van der Waals surface area contributed by atoms with Gasteiger partial charge in [0.2, 0.25) is 0 Å². The summed E-state index contributed by atoms with van der Waals surface area (Å²) >= 11 is 14.3. The van der Waals surface area contributed by atoms with Gasteiger partial charge in [-0.2, -0.15) is 0 Å². The smallest absolute Gasteiger partial charge is 0.278 e. The maximum absolute atomic E-state index is 12.8. The third-order valence-electron chi connectivity index (χ3n) is 4.36. The minimum atomic E-state index is -0.118. The minimum absolute atomic E-state index is 0.118. The summed E-state index contributed by atoms with van der Waals surface area (Å²) in [5.74, 6) is 0.163. The Morgan fingerprint density at radius 3 is 2.92 bits per heavy atom. The van der Waals surface area contributed by atoms with E-state index in [2.05, 4.69) is 23.7 Å². The van der Waals surface area contributed by atoms with Crippen LogP contribution in [0.2, 0.25) is 10.0 Å². The van der Waals surface area contributed by atoms with Gasteiger partial charge < -0.3 is 10.2 Å². The Hall–Kier alpha value is -1.07. The topological polar surface area (TPSA) is 36.9 Å². The van der Waals surface area contributed by atoms with E-state index in [0.29, 0.717) is 16.6 Å². The molecule has 0 saturated heterocycles. The van der Waals surface area contributed by atoms with Crippen LogP contribution in [0.25, 0.3) is 0 Å². The molecule has 3 rings (SSSR count). The first-order valence-electron chi connectivity index (χ1n) is 8.24. The molecule has 2 N–H and O–H groups in total. The summed E-state index contributed by atoms with van der Waals surface area (Å²) in [5.41, 5.74) is 2.14. The molecule has 0 spiro atoms. The summed E-state index contributed by atoms with van der Waals surface area (Å²) < 4.78 is 0. The molecule has 1 aliphatic rings. The van der Waals surface area contributed by atoms with Gasteiger partial charge in [-0.05, 0) is 47.5 Å². The Bertz CT molecular complexity index is 732. The maximum Gasteiger partial charge on any atom is 0.278 e. The molecule has 0 bridgehead atoms. The number of rotatable bonds is 5. The molecule has 1 aromatic carbocycles. The Balaban J connectivity index is 1.95. The van der Waals surface area contributed by atoms with Crippen molar-refractivity contribution in [1.82, 2.24) is 4.90 Å². The van der Waals surface area contributed by atoms with Crippen LogP contribution >= 0.6 is 34.5 Å². The normalized spacial score (nSPS) is 17.0. The summed E-state index contributed by atoms with van der Waals surface area (Å²) in [6.45, 7) is 4.30. The predicted octanol–water partition coefficient (Wildman–Crippen LogP) is 3.50. The van der Waals surface area contributed by atoms with Crippen LogP contribution in [-0.2, 0) is 11.2 Å². The molecule has 128 valence electrons. The SMILES string of the molecule is CCC[NH2+]CC(=O)N1CCc2sccc2[C@H]1c1ccc(Cl)cc1Cl. The number of thiophene rings is 1. The average molecular weight is 384 g/mol. The Morgan fingerprint density at radius 2 is 2.17 bits per heavy atom. The number of hydrogen-bond acceptors (Lipinski definition) is 2. The van der Waals surface area contributed by atoms with Crippen molar-refractivity contribution in [3.63, 3.8) is 0 Å². The van der Waals surface area contributed by atoms with Gasteiger partial charge in [0.15, 0.2) is 6.54 Å². The lowest BCUT2D eigenvalue weighted by atomic mass is 9.93. The predicted molar refractivity (Wildman–Crippen MR) is 100.0 cm³/mol. The zero-order valence-electron chi connectivity index (χ0n) is 13.6. The number of hydrogen-bond donors (Lipinski definition) is 1. The highest BCUT2D eigenvalue weighted by atomic mass is 35.5. The third-order valence-corrected chi connectivity index (χ3v) is 5.91. The number of nitrogens with two attached hydrogens (primary N) is 1. The number of nitrogens with zero attached hydrogens (tertiary/aromatic N) is 1. The number of quaternary nitrogens is 1. The highest BCUT2D eigenvalue weighted by Gasteiger charge is 2.34. The van der Waals surface area contributed by atoms with Gasteiger partial charge in [0.25, 0.3) is 5.91 Å². The molecule has 2 heterocycles. The van der Waals surface area contributed by atoms with Crippen LogP contribution in [0.3, 0.4) is 0 Å². The lowest BCUT2D eigenvalue weighted by Gasteiger charge is -2.36. The van der Waals surface area contributed by atoms with Gasteiger partial charge >= 0.3 is 0 Å². The molecule has 0 unspecified atom stereocenters. The van der Waals surface area contributed by atoms with Crippen LogP contribution < -0.4 is 5.32 Å². The quantitative estimate of drug-likeness (QED) is 0.788. The molecular formula is C18H21Cl2N2OS+. The molecule has 2 aromatic rings. The Morgan fingerprint density at radius 1 is 1.33 bits per heavy atom. The molecule has 6 heteroatoms. The first kappa shape index (κ1) is 17.7. The Labute approximate surface area is 156 Å². The van der Waals surface area contributed by atoms with Crippen molar-refractivity contribution in [2.75, 3.05) is 19.6 Å². The van der Waals surface area contributed by atoms with Gasteiger partial charge in [-0.3, -0.25) is 4.79 Å². The molecule has 0 radical (unpaired) electrons. The van der Waals surface area contributed by atoms with Crippen LogP contribution in [0.4, 0.5) is 0 Å². The van der Waals surface area contributed by atoms with Crippen molar-refractivity contribution in [2.45, 2.75) is 25.8 Å². The van der Waals surface area contributed by atoms with Crippen molar-refractivity contribution < 1.29 is 10.1 Å². The van der Waals surface area contributed by atoms with Crippen molar-refractivity contribution >= 4 is 40.4 Å². The minimum Gasteiger partial charge on any atom is -0.338 e. The van der Waals surface area contributed by atoms with Gasteiger partial charge in [-0.25, -0.2) is 0 Å². The van der Waals surface area contributed by atoms with Gasteiger partial charge in [0, 0.05) is 21.5 Å². The second-order valence-electron chi connectivity index (χ2n) is 5.99. The number of fused-ring (bicyclic) bond motifs is 1. The fraction of sp³-hybridized carbons (Fsp3) is 0.389. The summed E-state index contributed by atoms with van der Waals surface area (Å²) in [7, 11) is 0. The second kappa shape index (κ2) is 7.87. The van der Waals surface area contributed by atoms with Crippen LogP contribution in [0, 0.1) is 0 Å². The molecular weight excluding hydrogens is 363 g/mol. The van der Waals surface area contributed by atoms with Crippen molar-refractivity contribution in [2.24, 2.45) is 0 Å². The molecule has 1 atom stereocenters. The van der Waals surface area contributed by atoms with E-state index in [1.165, 1.54) is 10.4 Å². The molecule has 1 amide bonds. The van der Waals surface area contributed by atoms with Crippen LogP contribution in [0.15, 0.2) is 29.6 Å². The molecule has 0 saturated carbocycles. The maximum atomic E-state index is 12.8. The average Bonchev–Trinajstić information content (AvgIpc) is 3.03. The van der Waals surface area contributed by atoms with E-state index in [-0.39, 0.29) is 11.9 Å². The van der Waals surface area contributed by atoms with E-state index < -0.39 is 0 Å².